The first-order chi connectivity index (χ1) is 11.7. The quantitative estimate of drug-likeness (QED) is 0.496. The van der Waals surface area contributed by atoms with Crippen molar-refractivity contribution in [2.45, 2.75) is 25.3 Å². The Morgan fingerprint density at radius 2 is 2.21 bits per heavy atom. The van der Waals surface area contributed by atoms with Crippen molar-refractivity contribution in [1.82, 2.24) is 4.98 Å². The van der Waals surface area contributed by atoms with Gasteiger partial charge in [-0.05, 0) is 54.5 Å². The second kappa shape index (κ2) is 6.26. The number of nitrogens with two attached hydrogens (primary N) is 2. The van der Waals surface area contributed by atoms with E-state index in [2.05, 4.69) is 34.4 Å². The first-order valence-electron chi connectivity index (χ1n) is 8.15. The monoisotopic (exact) mass is 336 g/mol. The molecular formula is C19H20N4S. The maximum absolute atomic E-state index is 6.11. The van der Waals surface area contributed by atoms with Crippen LogP contribution in [-0.4, -0.2) is 16.9 Å². The predicted molar refractivity (Wildman–Crippen MR) is 103 cm³/mol. The van der Waals surface area contributed by atoms with E-state index >= 15 is 0 Å². The highest BCUT2D eigenvalue weighted by molar-refractivity contribution is 7.12. The van der Waals surface area contributed by atoms with E-state index in [1.54, 1.807) is 11.3 Å². The van der Waals surface area contributed by atoms with E-state index < -0.39 is 0 Å². The Morgan fingerprint density at radius 3 is 2.96 bits per heavy atom. The fourth-order valence-electron chi connectivity index (χ4n) is 3.16. The van der Waals surface area contributed by atoms with E-state index in [-0.39, 0.29) is 0 Å². The van der Waals surface area contributed by atoms with Gasteiger partial charge in [0.25, 0.3) is 0 Å². The highest BCUT2D eigenvalue weighted by Crippen LogP contribution is 2.33. The summed E-state index contributed by atoms with van der Waals surface area (Å²) in [6, 6.07) is 10.4. The van der Waals surface area contributed by atoms with Crippen LogP contribution in [0.3, 0.4) is 0 Å². The third-order valence-corrected chi connectivity index (χ3v) is 5.38. The molecule has 4 rings (SSSR count). The summed E-state index contributed by atoms with van der Waals surface area (Å²) in [6.07, 6.45) is 7.38. The Morgan fingerprint density at radius 1 is 1.29 bits per heavy atom. The van der Waals surface area contributed by atoms with Crippen LogP contribution in [0.15, 0.2) is 53.0 Å². The maximum atomic E-state index is 6.11. The lowest BCUT2D eigenvalue weighted by atomic mass is 9.91. The van der Waals surface area contributed by atoms with Crippen molar-refractivity contribution in [3.63, 3.8) is 0 Å². The number of aromatic nitrogens is 1. The number of hydrogen-bond donors (Lipinski definition) is 3. The van der Waals surface area contributed by atoms with Gasteiger partial charge >= 0.3 is 0 Å². The Bertz CT molecular complexity index is 918. The Hall–Kier alpha value is -2.37. The molecule has 0 saturated heterocycles. The van der Waals surface area contributed by atoms with Gasteiger partial charge in [-0.1, -0.05) is 12.1 Å². The topological polar surface area (TPSA) is 80.2 Å². The number of fused-ring (bicyclic) bond motifs is 1. The number of hydrogen-bond acceptors (Lipinski definition) is 3. The van der Waals surface area contributed by atoms with Gasteiger partial charge < -0.3 is 16.5 Å². The largest absolute Gasteiger partial charge is 0.383 e. The number of nitrogens with one attached hydrogen (secondary N) is 1. The number of nitrogens with zero attached hydrogens (tertiary/aromatic N) is 1. The van der Waals surface area contributed by atoms with Crippen LogP contribution in [0.25, 0.3) is 16.5 Å². The van der Waals surface area contributed by atoms with Crippen LogP contribution < -0.4 is 11.5 Å². The van der Waals surface area contributed by atoms with Gasteiger partial charge in [0.05, 0.1) is 10.6 Å². The Labute approximate surface area is 144 Å². The van der Waals surface area contributed by atoms with E-state index in [1.165, 1.54) is 16.5 Å². The summed E-state index contributed by atoms with van der Waals surface area (Å²) in [7, 11) is 0. The van der Waals surface area contributed by atoms with Gasteiger partial charge in [-0.3, -0.25) is 0 Å². The zero-order chi connectivity index (χ0) is 16.5. The summed E-state index contributed by atoms with van der Waals surface area (Å²) in [6.45, 7) is 0. The van der Waals surface area contributed by atoms with Crippen LogP contribution >= 0.6 is 11.3 Å². The van der Waals surface area contributed by atoms with Crippen molar-refractivity contribution < 1.29 is 0 Å². The minimum Gasteiger partial charge on any atom is -0.383 e. The first-order valence-corrected chi connectivity index (χ1v) is 9.03. The molecule has 1 aromatic carbocycles. The second-order valence-corrected chi connectivity index (χ2v) is 7.12. The SMILES string of the molecule is NC(=Nc1ccc2[nH]cc(C3=CCC(N)CC3)c2c1)c1cccs1. The number of rotatable bonds is 3. The van der Waals surface area contributed by atoms with E-state index in [0.29, 0.717) is 11.9 Å². The van der Waals surface area contributed by atoms with Crippen molar-refractivity contribution in [2.75, 3.05) is 0 Å². The molecule has 0 amide bonds. The standard InChI is InChI=1S/C19H20N4S/c20-13-5-3-12(4-6-13)16-11-22-17-8-7-14(10-15(16)17)23-19(21)18-2-1-9-24-18/h1-3,7-11,13,22H,4-6,20H2,(H2,21,23). The van der Waals surface area contributed by atoms with E-state index in [9.17, 15) is 0 Å². The number of thiophene rings is 1. The molecule has 122 valence electrons. The summed E-state index contributed by atoms with van der Waals surface area (Å²) in [5.41, 5.74) is 16.7. The van der Waals surface area contributed by atoms with Crippen LogP contribution in [0.2, 0.25) is 0 Å². The second-order valence-electron chi connectivity index (χ2n) is 6.17. The highest BCUT2D eigenvalue weighted by Gasteiger charge is 2.15. The van der Waals surface area contributed by atoms with Crippen LogP contribution in [-0.2, 0) is 0 Å². The molecule has 3 aromatic rings. The molecule has 24 heavy (non-hydrogen) atoms. The third kappa shape index (κ3) is 2.88. The fourth-order valence-corrected chi connectivity index (χ4v) is 3.79. The average Bonchev–Trinajstić information content (AvgIpc) is 3.25. The third-order valence-electron chi connectivity index (χ3n) is 4.49. The molecule has 5 heteroatoms. The van der Waals surface area contributed by atoms with Crippen molar-refractivity contribution in [3.8, 4) is 0 Å². The molecule has 0 aliphatic heterocycles. The van der Waals surface area contributed by atoms with Crippen molar-refractivity contribution in [3.05, 3.63) is 58.4 Å². The van der Waals surface area contributed by atoms with E-state index in [4.69, 9.17) is 11.5 Å². The number of aromatic amines is 1. The molecule has 1 atom stereocenters. The number of aliphatic imine (C=N–C) groups is 1. The normalized spacial score (nSPS) is 18.8. The first kappa shape index (κ1) is 15.2. The predicted octanol–water partition coefficient (Wildman–Crippen LogP) is 4.16. The average molecular weight is 336 g/mol. The summed E-state index contributed by atoms with van der Waals surface area (Å²) in [5, 5.41) is 3.20. The molecule has 0 bridgehead atoms. The van der Waals surface area contributed by atoms with Gasteiger partial charge in [0.15, 0.2) is 0 Å². The van der Waals surface area contributed by atoms with Crippen LogP contribution in [0.1, 0.15) is 29.7 Å². The zero-order valence-electron chi connectivity index (χ0n) is 13.3. The Kier molecular flexibility index (Phi) is 3.96. The summed E-state index contributed by atoms with van der Waals surface area (Å²) >= 11 is 1.60. The molecule has 5 N–H and O–H groups in total. The molecule has 0 spiro atoms. The lowest BCUT2D eigenvalue weighted by Crippen LogP contribution is -2.21. The molecule has 1 aliphatic rings. The van der Waals surface area contributed by atoms with Crippen LogP contribution in [0.5, 0.6) is 0 Å². The van der Waals surface area contributed by atoms with Crippen molar-refractivity contribution in [2.24, 2.45) is 16.5 Å². The summed E-state index contributed by atoms with van der Waals surface area (Å²) in [4.78, 5) is 8.93. The molecule has 1 aliphatic carbocycles. The number of amidine groups is 1. The van der Waals surface area contributed by atoms with E-state index in [0.717, 1.165) is 35.3 Å². The maximum Gasteiger partial charge on any atom is 0.141 e. The van der Waals surface area contributed by atoms with Crippen LogP contribution in [0.4, 0.5) is 5.69 Å². The smallest absolute Gasteiger partial charge is 0.141 e. The van der Waals surface area contributed by atoms with E-state index in [1.807, 2.05) is 23.6 Å². The molecular weight excluding hydrogens is 316 g/mol. The minimum absolute atomic E-state index is 0.296. The van der Waals surface area contributed by atoms with Gasteiger partial charge in [-0.25, -0.2) is 4.99 Å². The minimum atomic E-state index is 0.296. The number of allylic oxidation sites excluding steroid dienone is 1. The number of H-pyrrole nitrogens is 1. The molecule has 2 aromatic heterocycles. The van der Waals surface area contributed by atoms with Crippen LogP contribution in [0, 0.1) is 0 Å². The highest BCUT2D eigenvalue weighted by atomic mass is 32.1. The molecule has 0 fully saturated rings. The molecule has 0 radical (unpaired) electrons. The molecule has 1 unspecified atom stereocenters. The lowest BCUT2D eigenvalue weighted by molar-refractivity contribution is 0.615. The van der Waals surface area contributed by atoms with Gasteiger partial charge in [0.1, 0.15) is 5.84 Å². The van der Waals surface area contributed by atoms with Gasteiger partial charge in [-0.2, -0.15) is 0 Å². The van der Waals surface area contributed by atoms with Crippen molar-refractivity contribution in [1.29, 1.82) is 0 Å². The Balaban J connectivity index is 1.72. The fraction of sp³-hybridized carbons (Fsp3) is 0.211. The number of benzene rings is 1. The summed E-state index contributed by atoms with van der Waals surface area (Å²) < 4.78 is 0. The zero-order valence-corrected chi connectivity index (χ0v) is 14.1. The summed E-state index contributed by atoms with van der Waals surface area (Å²) in [5.74, 6) is 0.560. The molecule has 2 heterocycles. The molecule has 0 saturated carbocycles. The van der Waals surface area contributed by atoms with Crippen molar-refractivity contribution >= 4 is 39.3 Å². The van der Waals surface area contributed by atoms with Gasteiger partial charge in [0, 0.05) is 28.7 Å². The lowest BCUT2D eigenvalue weighted by Gasteiger charge is -2.17. The molecule has 4 nitrogen and oxygen atoms in total. The van der Waals surface area contributed by atoms with Gasteiger partial charge in [-0.15, -0.1) is 11.3 Å². The van der Waals surface area contributed by atoms with Gasteiger partial charge in [0.2, 0.25) is 0 Å².